The standard InChI is InChI=1S/C8H9NO2S.C2H6/c10-7-4-6-5(8(11)9-7)2-1-3-12-6;1-2/h4-5H,1-3H2,(H,9,10,11);1-2H3. The Morgan fingerprint density at radius 1 is 1.43 bits per heavy atom. The lowest BCUT2D eigenvalue weighted by atomic mass is 9.99. The number of rotatable bonds is 0. The first kappa shape index (κ1) is 11.3. The zero-order valence-electron chi connectivity index (χ0n) is 8.50. The van der Waals surface area contributed by atoms with E-state index in [1.165, 1.54) is 0 Å². The van der Waals surface area contributed by atoms with Crippen LogP contribution in [0.2, 0.25) is 0 Å². The first-order valence-electron chi connectivity index (χ1n) is 4.96. The van der Waals surface area contributed by atoms with Crippen LogP contribution in [0.4, 0.5) is 0 Å². The van der Waals surface area contributed by atoms with Crippen molar-refractivity contribution in [1.29, 1.82) is 0 Å². The molecule has 3 nitrogen and oxygen atoms in total. The Bertz CT molecular complexity index is 273. The van der Waals surface area contributed by atoms with E-state index >= 15 is 0 Å². The third-order valence-corrected chi connectivity index (χ3v) is 3.31. The van der Waals surface area contributed by atoms with Crippen LogP contribution in [0.15, 0.2) is 11.0 Å². The van der Waals surface area contributed by atoms with Crippen molar-refractivity contribution in [2.45, 2.75) is 26.7 Å². The summed E-state index contributed by atoms with van der Waals surface area (Å²) in [6, 6.07) is 0. The van der Waals surface area contributed by atoms with Gasteiger partial charge in [-0.15, -0.1) is 11.8 Å². The van der Waals surface area contributed by atoms with Crippen LogP contribution in [0.25, 0.3) is 0 Å². The van der Waals surface area contributed by atoms with E-state index in [9.17, 15) is 9.59 Å². The number of hydrogen-bond acceptors (Lipinski definition) is 3. The molecular formula is C10H15NO2S. The molecule has 78 valence electrons. The molecule has 2 heterocycles. The summed E-state index contributed by atoms with van der Waals surface area (Å²) < 4.78 is 0. The average Bonchev–Trinajstić information content (AvgIpc) is 2.20. The summed E-state index contributed by atoms with van der Waals surface area (Å²) in [7, 11) is 0. The van der Waals surface area contributed by atoms with E-state index in [-0.39, 0.29) is 17.7 Å². The summed E-state index contributed by atoms with van der Waals surface area (Å²) in [5.74, 6) is 0.606. The second-order valence-corrected chi connectivity index (χ2v) is 4.11. The molecule has 1 unspecified atom stereocenters. The predicted octanol–water partition coefficient (Wildman–Crippen LogP) is 1.70. The predicted molar refractivity (Wildman–Crippen MR) is 57.8 cm³/mol. The van der Waals surface area contributed by atoms with Crippen molar-refractivity contribution in [2.24, 2.45) is 5.92 Å². The molecule has 2 aliphatic rings. The molecule has 2 aliphatic heterocycles. The van der Waals surface area contributed by atoms with E-state index in [1.807, 2.05) is 13.8 Å². The molecule has 1 N–H and O–H groups in total. The Balaban J connectivity index is 0.000000461. The minimum absolute atomic E-state index is 0.0403. The van der Waals surface area contributed by atoms with Crippen LogP contribution in [0, 0.1) is 5.92 Å². The topological polar surface area (TPSA) is 46.2 Å². The molecule has 0 aromatic rings. The van der Waals surface area contributed by atoms with Crippen LogP contribution in [0.1, 0.15) is 26.7 Å². The number of nitrogens with one attached hydrogen (secondary N) is 1. The number of carbonyl (C=O) groups is 2. The van der Waals surface area contributed by atoms with Crippen LogP contribution in [0.5, 0.6) is 0 Å². The van der Waals surface area contributed by atoms with Gasteiger partial charge in [0.2, 0.25) is 5.91 Å². The summed E-state index contributed by atoms with van der Waals surface area (Å²) in [4.78, 5) is 23.1. The largest absolute Gasteiger partial charge is 0.292 e. The van der Waals surface area contributed by atoms with E-state index in [0.29, 0.717) is 0 Å². The molecule has 1 fully saturated rings. The SMILES string of the molecule is CC.O=C1C=C2SCCCC2C(=O)N1. The second kappa shape index (κ2) is 5.20. The summed E-state index contributed by atoms with van der Waals surface area (Å²) in [5, 5.41) is 2.31. The molecule has 0 aromatic heterocycles. The van der Waals surface area contributed by atoms with E-state index in [0.717, 1.165) is 23.5 Å². The molecule has 4 heteroatoms. The van der Waals surface area contributed by atoms with Gasteiger partial charge >= 0.3 is 0 Å². The van der Waals surface area contributed by atoms with Crippen LogP contribution < -0.4 is 5.32 Å². The van der Waals surface area contributed by atoms with E-state index in [2.05, 4.69) is 5.32 Å². The molecule has 2 rings (SSSR count). The van der Waals surface area contributed by atoms with Gasteiger partial charge in [-0.3, -0.25) is 14.9 Å². The minimum atomic E-state index is -0.263. The molecule has 0 saturated carbocycles. The number of thioether (sulfide) groups is 1. The Labute approximate surface area is 88.3 Å². The Hall–Kier alpha value is -0.770. The van der Waals surface area contributed by atoms with Crippen LogP contribution >= 0.6 is 11.8 Å². The summed E-state index contributed by atoms with van der Waals surface area (Å²) >= 11 is 1.63. The molecule has 14 heavy (non-hydrogen) atoms. The molecule has 0 aromatic carbocycles. The number of amides is 2. The van der Waals surface area contributed by atoms with E-state index < -0.39 is 0 Å². The maximum absolute atomic E-state index is 11.3. The fourth-order valence-corrected chi connectivity index (χ4v) is 2.66. The zero-order valence-corrected chi connectivity index (χ0v) is 9.32. The molecule has 1 saturated heterocycles. The zero-order chi connectivity index (χ0) is 10.6. The van der Waals surface area contributed by atoms with Gasteiger partial charge in [0.05, 0.1) is 5.92 Å². The molecule has 2 amide bonds. The lowest BCUT2D eigenvalue weighted by molar-refractivity contribution is -0.131. The Kier molecular flexibility index (Phi) is 4.20. The molecule has 0 bridgehead atoms. The lowest BCUT2D eigenvalue weighted by Gasteiger charge is -2.26. The van der Waals surface area contributed by atoms with Crippen LogP contribution in [0.3, 0.4) is 0 Å². The van der Waals surface area contributed by atoms with Crippen LogP contribution in [-0.2, 0) is 9.59 Å². The smallest absolute Gasteiger partial charge is 0.251 e. The highest BCUT2D eigenvalue weighted by Crippen LogP contribution is 2.35. The molecule has 0 radical (unpaired) electrons. The van der Waals surface area contributed by atoms with Gasteiger partial charge in [0.1, 0.15) is 0 Å². The first-order valence-corrected chi connectivity index (χ1v) is 5.95. The first-order chi connectivity index (χ1) is 6.77. The summed E-state index contributed by atoms with van der Waals surface area (Å²) in [5.41, 5.74) is 0. The maximum Gasteiger partial charge on any atom is 0.251 e. The number of carbonyl (C=O) groups excluding carboxylic acids is 2. The number of hydrogen-bond donors (Lipinski definition) is 1. The van der Waals surface area contributed by atoms with Gasteiger partial charge in [-0.2, -0.15) is 0 Å². The highest BCUT2D eigenvalue weighted by Gasteiger charge is 2.31. The van der Waals surface area contributed by atoms with Crippen molar-refractivity contribution in [1.82, 2.24) is 5.32 Å². The van der Waals surface area contributed by atoms with E-state index in [4.69, 9.17) is 0 Å². The Morgan fingerprint density at radius 2 is 2.14 bits per heavy atom. The van der Waals surface area contributed by atoms with Gasteiger partial charge in [0, 0.05) is 11.0 Å². The highest BCUT2D eigenvalue weighted by molar-refractivity contribution is 8.03. The fraction of sp³-hybridized carbons (Fsp3) is 0.600. The van der Waals surface area contributed by atoms with Gasteiger partial charge in [-0.1, -0.05) is 13.8 Å². The van der Waals surface area contributed by atoms with Gasteiger partial charge in [-0.05, 0) is 18.6 Å². The minimum Gasteiger partial charge on any atom is -0.292 e. The third-order valence-electron chi connectivity index (χ3n) is 2.09. The number of imide groups is 1. The quantitative estimate of drug-likeness (QED) is 0.623. The van der Waals surface area contributed by atoms with Gasteiger partial charge in [-0.25, -0.2) is 0 Å². The maximum atomic E-state index is 11.3. The Morgan fingerprint density at radius 3 is 2.86 bits per heavy atom. The monoisotopic (exact) mass is 213 g/mol. The van der Waals surface area contributed by atoms with Crippen molar-refractivity contribution >= 4 is 23.6 Å². The second-order valence-electron chi connectivity index (χ2n) is 2.94. The highest BCUT2D eigenvalue weighted by atomic mass is 32.2. The molecular weight excluding hydrogens is 198 g/mol. The van der Waals surface area contributed by atoms with Crippen molar-refractivity contribution in [3.8, 4) is 0 Å². The summed E-state index contributed by atoms with van der Waals surface area (Å²) in [6.45, 7) is 4.00. The molecule has 1 atom stereocenters. The lowest BCUT2D eigenvalue weighted by Crippen LogP contribution is -2.40. The van der Waals surface area contributed by atoms with Crippen molar-refractivity contribution in [2.75, 3.05) is 5.75 Å². The van der Waals surface area contributed by atoms with Crippen molar-refractivity contribution < 1.29 is 9.59 Å². The van der Waals surface area contributed by atoms with Gasteiger partial charge < -0.3 is 0 Å². The van der Waals surface area contributed by atoms with Crippen molar-refractivity contribution in [3.05, 3.63) is 11.0 Å². The fourth-order valence-electron chi connectivity index (χ4n) is 1.50. The molecule has 0 aliphatic carbocycles. The van der Waals surface area contributed by atoms with E-state index in [1.54, 1.807) is 17.8 Å². The van der Waals surface area contributed by atoms with Gasteiger partial charge in [0.15, 0.2) is 0 Å². The van der Waals surface area contributed by atoms with Crippen molar-refractivity contribution in [3.63, 3.8) is 0 Å². The normalized spacial score (nSPS) is 25.3. The van der Waals surface area contributed by atoms with Gasteiger partial charge in [0.25, 0.3) is 5.91 Å². The third kappa shape index (κ3) is 2.38. The average molecular weight is 213 g/mol. The van der Waals surface area contributed by atoms with Crippen LogP contribution in [-0.4, -0.2) is 17.6 Å². The summed E-state index contributed by atoms with van der Waals surface area (Å²) in [6.07, 6.45) is 3.50. The molecule has 0 spiro atoms. The number of fused-ring (bicyclic) bond motifs is 1.